The van der Waals surface area contributed by atoms with Gasteiger partial charge in [0.2, 0.25) is 0 Å². The van der Waals surface area contributed by atoms with Crippen LogP contribution in [-0.2, 0) is 14.3 Å². The lowest BCUT2D eigenvalue weighted by atomic mass is 9.74. The Labute approximate surface area is 122 Å². The van der Waals surface area contributed by atoms with E-state index in [1.54, 1.807) is 6.08 Å². The third kappa shape index (κ3) is 5.10. The van der Waals surface area contributed by atoms with Crippen molar-refractivity contribution in [3.63, 3.8) is 0 Å². The van der Waals surface area contributed by atoms with Crippen LogP contribution in [0.1, 0.15) is 72.6 Å². The van der Waals surface area contributed by atoms with Crippen LogP contribution in [0.25, 0.3) is 0 Å². The summed E-state index contributed by atoms with van der Waals surface area (Å²) in [6, 6.07) is 0. The molecular formula is C17H28O3. The number of hydrogen-bond acceptors (Lipinski definition) is 3. The molecule has 1 rings (SSSR count). The predicted molar refractivity (Wildman–Crippen MR) is 80.4 cm³/mol. The van der Waals surface area contributed by atoms with Gasteiger partial charge in [-0.25, -0.2) is 0 Å². The molecule has 0 N–H and O–H groups in total. The molecule has 1 atom stereocenters. The van der Waals surface area contributed by atoms with Gasteiger partial charge in [-0.15, -0.1) is 0 Å². The lowest BCUT2D eigenvalue weighted by Gasteiger charge is -2.35. The van der Waals surface area contributed by atoms with E-state index < -0.39 is 6.10 Å². The minimum absolute atomic E-state index is 0.0712. The molecule has 0 amide bonds. The van der Waals surface area contributed by atoms with Gasteiger partial charge in [0.15, 0.2) is 11.9 Å². The Morgan fingerprint density at radius 3 is 2.55 bits per heavy atom. The standard InChI is InChI=1S/C17H28O3/c1-5-6-7-8-9-10-15(19)20-16-14(18)11-13(2)12-17(16,3)4/h11,16H,5-10,12H2,1-4H3. The topological polar surface area (TPSA) is 43.4 Å². The second kappa shape index (κ2) is 7.61. The maximum atomic E-state index is 12.0. The van der Waals surface area contributed by atoms with Crippen molar-refractivity contribution in [1.82, 2.24) is 0 Å². The van der Waals surface area contributed by atoms with E-state index in [0.29, 0.717) is 6.42 Å². The van der Waals surface area contributed by atoms with Crippen LogP contribution in [0, 0.1) is 5.41 Å². The maximum Gasteiger partial charge on any atom is 0.306 e. The molecular weight excluding hydrogens is 252 g/mol. The molecule has 0 saturated carbocycles. The summed E-state index contributed by atoms with van der Waals surface area (Å²) >= 11 is 0. The van der Waals surface area contributed by atoms with E-state index in [-0.39, 0.29) is 17.2 Å². The summed E-state index contributed by atoms with van der Waals surface area (Å²) in [5.74, 6) is -0.307. The third-order valence-electron chi connectivity index (χ3n) is 3.83. The van der Waals surface area contributed by atoms with Gasteiger partial charge in [0.1, 0.15) is 0 Å². The summed E-state index contributed by atoms with van der Waals surface area (Å²) in [5.41, 5.74) is 0.764. The molecule has 0 aliphatic heterocycles. The van der Waals surface area contributed by atoms with Gasteiger partial charge in [-0.05, 0) is 25.8 Å². The van der Waals surface area contributed by atoms with E-state index in [1.807, 2.05) is 20.8 Å². The van der Waals surface area contributed by atoms with Gasteiger partial charge in [-0.3, -0.25) is 9.59 Å². The van der Waals surface area contributed by atoms with Crippen LogP contribution in [0.3, 0.4) is 0 Å². The average molecular weight is 280 g/mol. The SMILES string of the molecule is CCCCCCCC(=O)OC1C(=O)C=C(C)CC1(C)C. The Morgan fingerprint density at radius 1 is 1.30 bits per heavy atom. The highest BCUT2D eigenvalue weighted by Gasteiger charge is 2.40. The molecule has 0 aromatic rings. The smallest absolute Gasteiger partial charge is 0.306 e. The molecule has 20 heavy (non-hydrogen) atoms. The van der Waals surface area contributed by atoms with Crippen molar-refractivity contribution in [3.8, 4) is 0 Å². The number of carbonyl (C=O) groups excluding carboxylic acids is 2. The van der Waals surface area contributed by atoms with Crippen LogP contribution in [0.2, 0.25) is 0 Å². The fourth-order valence-corrected chi connectivity index (χ4v) is 2.85. The Bertz CT molecular complexity index is 380. The van der Waals surface area contributed by atoms with Crippen LogP contribution in [-0.4, -0.2) is 17.9 Å². The summed E-state index contributed by atoms with van der Waals surface area (Å²) in [6.07, 6.45) is 7.71. The zero-order chi connectivity index (χ0) is 15.2. The molecule has 0 spiro atoms. The predicted octanol–water partition coefficient (Wildman–Crippen LogP) is 4.20. The van der Waals surface area contributed by atoms with E-state index in [1.165, 1.54) is 19.3 Å². The first kappa shape index (κ1) is 16.9. The van der Waals surface area contributed by atoms with Gasteiger partial charge in [-0.1, -0.05) is 52.0 Å². The fourth-order valence-electron chi connectivity index (χ4n) is 2.85. The molecule has 0 aromatic heterocycles. The molecule has 0 radical (unpaired) electrons. The summed E-state index contributed by atoms with van der Waals surface area (Å²) < 4.78 is 5.44. The quantitative estimate of drug-likeness (QED) is 0.518. The highest BCUT2D eigenvalue weighted by Crippen LogP contribution is 2.36. The fraction of sp³-hybridized carbons (Fsp3) is 0.765. The van der Waals surface area contributed by atoms with E-state index in [2.05, 4.69) is 6.92 Å². The number of allylic oxidation sites excluding steroid dienone is 1. The van der Waals surface area contributed by atoms with Gasteiger partial charge >= 0.3 is 5.97 Å². The number of hydrogen-bond donors (Lipinski definition) is 0. The van der Waals surface area contributed by atoms with E-state index in [0.717, 1.165) is 24.8 Å². The summed E-state index contributed by atoms with van der Waals surface area (Å²) in [5, 5.41) is 0. The number of ether oxygens (including phenoxy) is 1. The summed E-state index contributed by atoms with van der Waals surface area (Å²) in [4.78, 5) is 23.9. The zero-order valence-electron chi connectivity index (χ0n) is 13.3. The first-order valence-electron chi connectivity index (χ1n) is 7.77. The van der Waals surface area contributed by atoms with Crippen molar-refractivity contribution in [3.05, 3.63) is 11.6 Å². The van der Waals surface area contributed by atoms with Crippen molar-refractivity contribution in [2.75, 3.05) is 0 Å². The van der Waals surface area contributed by atoms with Gasteiger partial charge in [-0.2, -0.15) is 0 Å². The number of rotatable bonds is 7. The second-order valence-corrected chi connectivity index (χ2v) is 6.59. The van der Waals surface area contributed by atoms with Crippen molar-refractivity contribution in [2.45, 2.75) is 78.7 Å². The van der Waals surface area contributed by atoms with Gasteiger partial charge in [0, 0.05) is 11.8 Å². The normalized spacial score (nSPS) is 21.5. The third-order valence-corrected chi connectivity index (χ3v) is 3.83. The highest BCUT2D eigenvalue weighted by atomic mass is 16.5. The van der Waals surface area contributed by atoms with Crippen LogP contribution < -0.4 is 0 Å². The lowest BCUT2D eigenvalue weighted by Crippen LogP contribution is -2.42. The lowest BCUT2D eigenvalue weighted by molar-refractivity contribution is -0.161. The van der Waals surface area contributed by atoms with Crippen LogP contribution in [0.4, 0.5) is 0 Å². The zero-order valence-corrected chi connectivity index (χ0v) is 13.3. The number of unbranched alkanes of at least 4 members (excludes halogenated alkanes) is 4. The molecule has 0 heterocycles. The average Bonchev–Trinajstić information content (AvgIpc) is 2.33. The van der Waals surface area contributed by atoms with Crippen molar-refractivity contribution in [2.24, 2.45) is 5.41 Å². The molecule has 0 bridgehead atoms. The summed E-state index contributed by atoms with van der Waals surface area (Å²) in [6.45, 7) is 8.09. The molecule has 114 valence electrons. The van der Waals surface area contributed by atoms with Crippen LogP contribution >= 0.6 is 0 Å². The molecule has 3 heteroatoms. The van der Waals surface area contributed by atoms with Crippen molar-refractivity contribution < 1.29 is 14.3 Å². The molecule has 3 nitrogen and oxygen atoms in total. The van der Waals surface area contributed by atoms with E-state index in [9.17, 15) is 9.59 Å². The minimum atomic E-state index is -0.616. The first-order chi connectivity index (χ1) is 9.36. The van der Waals surface area contributed by atoms with Crippen LogP contribution in [0.5, 0.6) is 0 Å². The Kier molecular flexibility index (Phi) is 6.44. The minimum Gasteiger partial charge on any atom is -0.453 e. The number of ketones is 1. The van der Waals surface area contributed by atoms with Crippen molar-refractivity contribution >= 4 is 11.8 Å². The van der Waals surface area contributed by atoms with E-state index in [4.69, 9.17) is 4.74 Å². The summed E-state index contributed by atoms with van der Waals surface area (Å²) in [7, 11) is 0. The molecule has 1 aliphatic rings. The van der Waals surface area contributed by atoms with Gasteiger partial charge < -0.3 is 4.74 Å². The van der Waals surface area contributed by atoms with Crippen LogP contribution in [0.15, 0.2) is 11.6 Å². The molecule has 0 saturated heterocycles. The largest absolute Gasteiger partial charge is 0.453 e. The Balaban J connectivity index is 2.42. The Hall–Kier alpha value is -1.12. The monoisotopic (exact) mass is 280 g/mol. The van der Waals surface area contributed by atoms with Gasteiger partial charge in [0.05, 0.1) is 0 Å². The second-order valence-electron chi connectivity index (χ2n) is 6.59. The molecule has 0 aromatic carbocycles. The molecule has 0 fully saturated rings. The van der Waals surface area contributed by atoms with Gasteiger partial charge in [0.25, 0.3) is 0 Å². The highest BCUT2D eigenvalue weighted by molar-refractivity contribution is 5.97. The Morgan fingerprint density at radius 2 is 1.95 bits per heavy atom. The van der Waals surface area contributed by atoms with Crippen molar-refractivity contribution in [1.29, 1.82) is 0 Å². The number of carbonyl (C=O) groups is 2. The van der Waals surface area contributed by atoms with E-state index >= 15 is 0 Å². The molecule has 1 unspecified atom stereocenters. The molecule has 1 aliphatic carbocycles. The maximum absolute atomic E-state index is 12.0. The number of esters is 1. The first-order valence-corrected chi connectivity index (χ1v) is 7.77.